The van der Waals surface area contributed by atoms with Crippen LogP contribution in [-0.4, -0.2) is 30.5 Å². The van der Waals surface area contributed by atoms with Crippen molar-refractivity contribution in [1.29, 1.82) is 0 Å². The van der Waals surface area contributed by atoms with Crippen LogP contribution in [-0.2, 0) is 0 Å². The van der Waals surface area contributed by atoms with E-state index in [1.54, 1.807) is 24.5 Å². The summed E-state index contributed by atoms with van der Waals surface area (Å²) in [5.74, 6) is -1.45. The molecule has 0 aliphatic carbocycles. The van der Waals surface area contributed by atoms with E-state index in [0.717, 1.165) is 4.88 Å². The molecule has 2 aromatic carbocycles. The molecule has 10 heteroatoms. The van der Waals surface area contributed by atoms with Gasteiger partial charge in [-0.3, -0.25) is 4.79 Å². The molecule has 0 aliphatic heterocycles. The zero-order valence-corrected chi connectivity index (χ0v) is 17.1. The maximum Gasteiger partial charge on any atom is 0.295 e. The highest BCUT2D eigenvalue weighted by Crippen LogP contribution is 2.27. The molecule has 0 radical (unpaired) electrons. The van der Waals surface area contributed by atoms with E-state index in [-0.39, 0.29) is 11.5 Å². The van der Waals surface area contributed by atoms with Crippen LogP contribution in [0.1, 0.15) is 10.6 Å². The molecule has 0 saturated carbocycles. The van der Waals surface area contributed by atoms with Gasteiger partial charge in [-0.1, -0.05) is 12.1 Å². The Balaban J connectivity index is 1.54. The quantitative estimate of drug-likeness (QED) is 0.422. The second-order valence-corrected chi connectivity index (χ2v) is 7.61. The van der Waals surface area contributed by atoms with Gasteiger partial charge in [-0.15, -0.1) is 16.4 Å². The third kappa shape index (κ3) is 3.67. The lowest BCUT2D eigenvalue weighted by Crippen LogP contribution is -2.17. The maximum absolute atomic E-state index is 14.6. The van der Waals surface area contributed by atoms with Crippen LogP contribution < -0.4 is 5.32 Å². The molecule has 0 fully saturated rings. The van der Waals surface area contributed by atoms with Crippen LogP contribution in [0.2, 0.25) is 0 Å². The van der Waals surface area contributed by atoms with E-state index in [1.165, 1.54) is 57.1 Å². The van der Waals surface area contributed by atoms with Crippen molar-refractivity contribution in [3.63, 3.8) is 0 Å². The van der Waals surface area contributed by atoms with E-state index in [4.69, 9.17) is 0 Å². The summed E-state index contributed by atoms with van der Waals surface area (Å²) in [6, 6.07) is 15.4. The number of carbonyl (C=O) groups excluding carboxylic acids is 1. The number of nitrogens with one attached hydrogen (secondary N) is 1. The molecule has 7 nitrogen and oxygen atoms in total. The number of amides is 1. The minimum atomic E-state index is -0.692. The zero-order chi connectivity index (χ0) is 22.1. The first-order chi connectivity index (χ1) is 15.6. The number of nitrogens with zero attached hydrogens (tertiary/aromatic N) is 5. The predicted molar refractivity (Wildman–Crippen MR) is 116 cm³/mol. The van der Waals surface area contributed by atoms with E-state index < -0.39 is 17.5 Å². The number of para-hydroxylation sites is 1. The summed E-state index contributed by atoms with van der Waals surface area (Å²) in [6.45, 7) is 0. The van der Waals surface area contributed by atoms with Gasteiger partial charge < -0.3 is 5.32 Å². The highest BCUT2D eigenvalue weighted by molar-refractivity contribution is 7.13. The Kier molecular flexibility index (Phi) is 5.04. The number of benzene rings is 2. The molecule has 3 aromatic heterocycles. The molecule has 0 spiro atoms. The average Bonchev–Trinajstić information content (AvgIpc) is 3.56. The molecular weight excluding hydrogens is 434 g/mol. The molecule has 0 aliphatic rings. The normalized spacial score (nSPS) is 10.9. The van der Waals surface area contributed by atoms with Gasteiger partial charge in [0.15, 0.2) is 5.82 Å². The molecule has 5 aromatic rings. The second-order valence-electron chi connectivity index (χ2n) is 6.66. The first kappa shape index (κ1) is 19.8. The lowest BCUT2D eigenvalue weighted by atomic mass is 10.2. The fraction of sp³-hybridized carbons (Fsp3) is 0. The fourth-order valence-electron chi connectivity index (χ4n) is 3.14. The van der Waals surface area contributed by atoms with Crippen LogP contribution in [0.5, 0.6) is 0 Å². The van der Waals surface area contributed by atoms with Gasteiger partial charge in [-0.2, -0.15) is 5.10 Å². The number of carbonyl (C=O) groups is 1. The molecule has 0 unspecified atom stereocenters. The van der Waals surface area contributed by atoms with Gasteiger partial charge in [0, 0.05) is 12.4 Å². The molecule has 5 rings (SSSR count). The first-order valence-corrected chi connectivity index (χ1v) is 10.3. The Morgan fingerprint density at radius 3 is 2.56 bits per heavy atom. The number of halogens is 2. The molecule has 1 amide bonds. The van der Waals surface area contributed by atoms with Crippen molar-refractivity contribution >= 4 is 22.9 Å². The van der Waals surface area contributed by atoms with Gasteiger partial charge >= 0.3 is 0 Å². The average molecular weight is 448 g/mol. The van der Waals surface area contributed by atoms with Crippen molar-refractivity contribution in [3.8, 4) is 22.1 Å². The number of hydrogen-bond acceptors (Lipinski definition) is 5. The minimum Gasteiger partial charge on any atom is -0.315 e. The molecule has 0 bridgehead atoms. The number of hydrogen-bond donors (Lipinski definition) is 1. The van der Waals surface area contributed by atoms with Crippen molar-refractivity contribution in [2.24, 2.45) is 0 Å². The highest BCUT2D eigenvalue weighted by atomic mass is 32.1. The number of thiophene rings is 1. The number of aromatic nitrogens is 5. The van der Waals surface area contributed by atoms with Gasteiger partial charge in [0.1, 0.15) is 17.3 Å². The molecule has 0 atom stereocenters. The van der Waals surface area contributed by atoms with Crippen molar-refractivity contribution in [2.75, 3.05) is 5.32 Å². The van der Waals surface area contributed by atoms with E-state index >= 15 is 0 Å². The second kappa shape index (κ2) is 8.16. The smallest absolute Gasteiger partial charge is 0.295 e. The fourth-order valence-corrected chi connectivity index (χ4v) is 3.84. The number of rotatable bonds is 5. The van der Waals surface area contributed by atoms with Crippen LogP contribution in [0.25, 0.3) is 22.1 Å². The van der Waals surface area contributed by atoms with E-state index in [2.05, 4.69) is 20.5 Å². The van der Waals surface area contributed by atoms with Crippen LogP contribution in [0.15, 0.2) is 78.4 Å². The van der Waals surface area contributed by atoms with Crippen molar-refractivity contribution in [3.05, 3.63) is 95.9 Å². The third-order valence-electron chi connectivity index (χ3n) is 4.60. The minimum absolute atomic E-state index is 0.0444. The summed E-state index contributed by atoms with van der Waals surface area (Å²) in [5, 5.41) is 12.8. The molecule has 0 saturated heterocycles. The lowest BCUT2D eigenvalue weighted by Gasteiger charge is -2.11. The van der Waals surface area contributed by atoms with Gasteiger partial charge in [0.05, 0.1) is 16.3 Å². The SMILES string of the molecule is O=C(Nc1c(F)cccc1-n1cccn1)c1nc(-c2cccs2)n(-c2ccc(F)cc2)n1. The van der Waals surface area contributed by atoms with Gasteiger partial charge in [-0.25, -0.2) is 23.1 Å². The summed E-state index contributed by atoms with van der Waals surface area (Å²) in [5.41, 5.74) is 0.848. The third-order valence-corrected chi connectivity index (χ3v) is 5.47. The molecule has 3 heterocycles. The van der Waals surface area contributed by atoms with Crippen molar-refractivity contribution in [2.45, 2.75) is 0 Å². The van der Waals surface area contributed by atoms with Crippen LogP contribution in [0, 0.1) is 11.6 Å². The summed E-state index contributed by atoms with van der Waals surface area (Å²) in [4.78, 5) is 18.2. The van der Waals surface area contributed by atoms with Crippen molar-refractivity contribution in [1.82, 2.24) is 24.5 Å². The first-order valence-electron chi connectivity index (χ1n) is 9.47. The van der Waals surface area contributed by atoms with Crippen LogP contribution in [0.4, 0.5) is 14.5 Å². The summed E-state index contributed by atoms with van der Waals surface area (Å²) < 4.78 is 30.9. The summed E-state index contributed by atoms with van der Waals surface area (Å²) in [6.07, 6.45) is 3.19. The Labute approximate surface area is 184 Å². The lowest BCUT2D eigenvalue weighted by molar-refractivity contribution is 0.101. The Bertz CT molecular complexity index is 1380. The highest BCUT2D eigenvalue weighted by Gasteiger charge is 2.22. The molecule has 32 heavy (non-hydrogen) atoms. The zero-order valence-electron chi connectivity index (χ0n) is 16.3. The monoisotopic (exact) mass is 448 g/mol. The standard InChI is InChI=1S/C22H14F2N6OS/c23-14-7-9-15(10-8-14)30-21(18-6-2-13-32-18)27-20(28-30)22(31)26-19-16(24)4-1-5-17(19)29-12-3-11-25-29/h1-13H,(H,26,31). The predicted octanol–water partition coefficient (Wildman–Crippen LogP) is 4.71. The molecule has 158 valence electrons. The summed E-state index contributed by atoms with van der Waals surface area (Å²) in [7, 11) is 0. The summed E-state index contributed by atoms with van der Waals surface area (Å²) >= 11 is 1.42. The van der Waals surface area contributed by atoms with E-state index in [0.29, 0.717) is 17.2 Å². The van der Waals surface area contributed by atoms with Gasteiger partial charge in [0.2, 0.25) is 5.82 Å². The molecule has 1 N–H and O–H groups in total. The molecular formula is C22H14F2N6OS. The Morgan fingerprint density at radius 1 is 1.00 bits per heavy atom. The Hall–Kier alpha value is -4.18. The largest absolute Gasteiger partial charge is 0.315 e. The van der Waals surface area contributed by atoms with Crippen molar-refractivity contribution < 1.29 is 13.6 Å². The number of anilines is 1. The van der Waals surface area contributed by atoms with Gasteiger partial charge in [0.25, 0.3) is 5.91 Å². The van der Waals surface area contributed by atoms with Crippen LogP contribution in [0.3, 0.4) is 0 Å². The topological polar surface area (TPSA) is 77.6 Å². The maximum atomic E-state index is 14.6. The van der Waals surface area contributed by atoms with E-state index in [1.807, 2.05) is 17.5 Å². The van der Waals surface area contributed by atoms with Gasteiger partial charge in [-0.05, 0) is 53.9 Å². The Morgan fingerprint density at radius 2 is 1.84 bits per heavy atom. The van der Waals surface area contributed by atoms with E-state index in [9.17, 15) is 13.6 Å². The van der Waals surface area contributed by atoms with Crippen LogP contribution >= 0.6 is 11.3 Å².